The first-order valence-electron chi connectivity index (χ1n) is 6.12. The summed E-state index contributed by atoms with van der Waals surface area (Å²) in [5.74, 6) is -0.189. The Morgan fingerprint density at radius 2 is 2.16 bits per heavy atom. The molecule has 3 N–H and O–H groups in total. The van der Waals surface area contributed by atoms with Crippen LogP contribution in [0.5, 0.6) is 0 Å². The Kier molecular flexibility index (Phi) is 5.06. The fraction of sp³-hybridized carbons (Fsp3) is 0.583. The number of carbonyl (C=O) groups is 1. The van der Waals surface area contributed by atoms with Crippen LogP contribution < -0.4 is 10.6 Å². The summed E-state index contributed by atoms with van der Waals surface area (Å²) in [6.45, 7) is 3.62. The van der Waals surface area contributed by atoms with Gasteiger partial charge in [0.1, 0.15) is 5.69 Å². The highest BCUT2D eigenvalue weighted by Gasteiger charge is 2.27. The Morgan fingerprint density at radius 3 is 2.74 bits per heavy atom. The van der Waals surface area contributed by atoms with Crippen LogP contribution in [0.3, 0.4) is 0 Å². The lowest BCUT2D eigenvalue weighted by Gasteiger charge is -2.31. The molecule has 0 aromatic carbocycles. The van der Waals surface area contributed by atoms with Crippen molar-refractivity contribution in [1.29, 1.82) is 0 Å². The third-order valence-corrected chi connectivity index (χ3v) is 5.37. The average Bonchev–Trinajstić information content (AvgIpc) is 2.67. The number of piperidine rings is 1. The van der Waals surface area contributed by atoms with Gasteiger partial charge in [-0.2, -0.15) is 11.8 Å². The predicted octanol–water partition coefficient (Wildman–Crippen LogP) is 2.45. The molecule has 2 rings (SSSR count). The average molecular weight is 322 g/mol. The van der Waals surface area contributed by atoms with Gasteiger partial charge in [-0.3, -0.25) is 4.79 Å². The summed E-state index contributed by atoms with van der Waals surface area (Å²) in [7, 11) is 0. The van der Waals surface area contributed by atoms with Crippen molar-refractivity contribution in [3.05, 3.63) is 21.4 Å². The van der Waals surface area contributed by atoms with E-state index in [0.717, 1.165) is 19.5 Å². The molecular weight excluding hydrogens is 305 g/mol. The second-order valence-electron chi connectivity index (χ2n) is 4.60. The highest BCUT2D eigenvalue weighted by atomic mass is 35.5. The summed E-state index contributed by atoms with van der Waals surface area (Å²) >= 11 is 13.8. The van der Waals surface area contributed by atoms with Crippen LogP contribution in [0.4, 0.5) is 0 Å². The molecule has 1 saturated heterocycles. The zero-order valence-electron chi connectivity index (χ0n) is 10.8. The number of hydrogen-bond donors (Lipinski definition) is 3. The summed E-state index contributed by atoms with van der Waals surface area (Å²) < 4.78 is 0. The van der Waals surface area contributed by atoms with Crippen molar-refractivity contribution in [2.24, 2.45) is 0 Å². The molecule has 2 heterocycles. The highest BCUT2D eigenvalue weighted by molar-refractivity contribution is 7.99. The van der Waals surface area contributed by atoms with Crippen LogP contribution in [0.1, 0.15) is 22.6 Å². The van der Waals surface area contributed by atoms with Crippen molar-refractivity contribution < 1.29 is 4.79 Å². The molecule has 1 amide bonds. The van der Waals surface area contributed by atoms with E-state index in [4.69, 9.17) is 23.2 Å². The molecule has 0 aliphatic carbocycles. The van der Waals surface area contributed by atoms with Crippen LogP contribution in [-0.2, 0) is 0 Å². The Labute approximate surface area is 127 Å². The van der Waals surface area contributed by atoms with Gasteiger partial charge < -0.3 is 15.6 Å². The lowest BCUT2D eigenvalue weighted by molar-refractivity contribution is 0.0926. The zero-order chi connectivity index (χ0) is 14.0. The maximum absolute atomic E-state index is 12.2. The maximum Gasteiger partial charge on any atom is 0.269 e. The monoisotopic (exact) mass is 321 g/mol. The summed E-state index contributed by atoms with van der Waals surface area (Å²) in [6.07, 6.45) is 2.97. The van der Waals surface area contributed by atoms with Gasteiger partial charge in [0.25, 0.3) is 5.91 Å². The number of aryl methyl sites for hydroxylation is 1. The van der Waals surface area contributed by atoms with Crippen LogP contribution in [-0.4, -0.2) is 41.5 Å². The topological polar surface area (TPSA) is 56.9 Å². The predicted molar refractivity (Wildman–Crippen MR) is 81.6 cm³/mol. The number of H-pyrrole nitrogens is 1. The zero-order valence-corrected chi connectivity index (χ0v) is 13.2. The van der Waals surface area contributed by atoms with Gasteiger partial charge in [0.2, 0.25) is 0 Å². The van der Waals surface area contributed by atoms with Gasteiger partial charge in [-0.1, -0.05) is 23.2 Å². The number of amides is 1. The largest absolute Gasteiger partial charge is 0.352 e. The third-order valence-electron chi connectivity index (χ3n) is 3.33. The second-order valence-corrected chi connectivity index (χ2v) is 6.43. The molecule has 7 heteroatoms. The fourth-order valence-corrected chi connectivity index (χ4v) is 3.45. The van der Waals surface area contributed by atoms with Gasteiger partial charge in [-0.15, -0.1) is 0 Å². The van der Waals surface area contributed by atoms with Crippen molar-refractivity contribution in [3.8, 4) is 0 Å². The number of carbonyl (C=O) groups excluding carboxylic acids is 1. The number of nitrogens with one attached hydrogen (secondary N) is 3. The molecule has 106 valence electrons. The Balaban J connectivity index is 2.09. The van der Waals surface area contributed by atoms with Crippen LogP contribution in [0.25, 0.3) is 0 Å². The Bertz CT molecular complexity index is 478. The fourth-order valence-electron chi connectivity index (χ4n) is 2.21. The summed E-state index contributed by atoms with van der Waals surface area (Å²) in [5, 5.41) is 7.46. The first-order valence-corrected chi connectivity index (χ1v) is 8.17. The van der Waals surface area contributed by atoms with Crippen LogP contribution in [0.2, 0.25) is 10.0 Å². The molecule has 1 aromatic rings. The maximum atomic E-state index is 12.2. The molecule has 1 aromatic heterocycles. The van der Waals surface area contributed by atoms with E-state index in [0.29, 0.717) is 26.7 Å². The van der Waals surface area contributed by atoms with Crippen molar-refractivity contribution >= 4 is 40.9 Å². The van der Waals surface area contributed by atoms with Gasteiger partial charge in [0.05, 0.1) is 10.0 Å². The van der Waals surface area contributed by atoms with Gasteiger partial charge in [-0.25, -0.2) is 0 Å². The second kappa shape index (κ2) is 6.39. The summed E-state index contributed by atoms with van der Waals surface area (Å²) in [6, 6.07) is 0.155. The van der Waals surface area contributed by atoms with Gasteiger partial charge in [0.15, 0.2) is 0 Å². The summed E-state index contributed by atoms with van der Waals surface area (Å²) in [4.78, 5) is 15.2. The Hall–Kier alpha value is -0.360. The van der Waals surface area contributed by atoms with Gasteiger partial charge in [-0.05, 0) is 26.1 Å². The molecule has 4 nitrogen and oxygen atoms in total. The van der Waals surface area contributed by atoms with E-state index in [1.807, 2.05) is 0 Å². The normalized spacial score (nSPS) is 23.4. The summed E-state index contributed by atoms with van der Waals surface area (Å²) in [5.41, 5.74) is 1.06. The molecule has 1 aliphatic rings. The molecule has 2 unspecified atom stereocenters. The lowest BCUT2D eigenvalue weighted by atomic mass is 10.1. The minimum atomic E-state index is -0.189. The number of hydrogen-bond acceptors (Lipinski definition) is 3. The van der Waals surface area contributed by atoms with Crippen molar-refractivity contribution in [2.75, 3.05) is 19.3 Å². The molecule has 1 fully saturated rings. The minimum Gasteiger partial charge on any atom is -0.352 e. The number of aromatic nitrogens is 1. The number of halogens is 2. The van der Waals surface area contributed by atoms with Crippen molar-refractivity contribution in [1.82, 2.24) is 15.6 Å². The number of thioether (sulfide) groups is 1. The van der Waals surface area contributed by atoms with E-state index >= 15 is 0 Å². The van der Waals surface area contributed by atoms with E-state index in [9.17, 15) is 4.79 Å². The standard InChI is InChI=1S/C12H17Cl2N3OS/c1-6-9(13)10(14)11(16-6)12(18)17-7-3-4-15-5-8(7)19-2/h7-8,15-16H,3-5H2,1-2H3,(H,17,18). The van der Waals surface area contributed by atoms with Crippen LogP contribution in [0.15, 0.2) is 0 Å². The number of rotatable bonds is 3. The SMILES string of the molecule is CSC1CNCCC1NC(=O)c1[nH]c(C)c(Cl)c1Cl. The highest BCUT2D eigenvalue weighted by Crippen LogP contribution is 2.29. The molecular formula is C12H17Cl2N3OS. The van der Waals surface area contributed by atoms with Gasteiger partial charge >= 0.3 is 0 Å². The molecule has 0 radical (unpaired) electrons. The molecule has 0 spiro atoms. The van der Waals surface area contributed by atoms with Crippen LogP contribution >= 0.6 is 35.0 Å². The minimum absolute atomic E-state index is 0.155. The molecule has 19 heavy (non-hydrogen) atoms. The molecule has 2 atom stereocenters. The smallest absolute Gasteiger partial charge is 0.269 e. The first-order chi connectivity index (χ1) is 9.04. The van der Waals surface area contributed by atoms with Crippen molar-refractivity contribution in [2.45, 2.75) is 24.6 Å². The van der Waals surface area contributed by atoms with E-state index in [2.05, 4.69) is 21.9 Å². The van der Waals surface area contributed by atoms with Crippen LogP contribution in [0, 0.1) is 6.92 Å². The van der Waals surface area contributed by atoms with E-state index < -0.39 is 0 Å². The van der Waals surface area contributed by atoms with Crippen molar-refractivity contribution in [3.63, 3.8) is 0 Å². The van der Waals surface area contributed by atoms with E-state index in [1.165, 1.54) is 0 Å². The van der Waals surface area contributed by atoms with Gasteiger partial charge in [0, 0.05) is 23.5 Å². The molecule has 0 saturated carbocycles. The molecule has 1 aliphatic heterocycles. The quantitative estimate of drug-likeness (QED) is 0.801. The van der Waals surface area contributed by atoms with E-state index in [-0.39, 0.29) is 11.9 Å². The first kappa shape index (κ1) is 15.0. The lowest BCUT2D eigenvalue weighted by Crippen LogP contribution is -2.51. The van der Waals surface area contributed by atoms with E-state index in [1.54, 1.807) is 18.7 Å². The number of aromatic amines is 1. The third kappa shape index (κ3) is 3.21. The molecule has 0 bridgehead atoms. The Morgan fingerprint density at radius 1 is 1.42 bits per heavy atom.